The number of hydrogen-bond acceptors (Lipinski definition) is 2. The molecule has 0 amide bonds. The molecule has 0 aliphatic carbocycles. The van der Waals surface area contributed by atoms with Gasteiger partial charge in [-0.1, -0.05) is 13.8 Å². The minimum atomic E-state index is 0.860. The highest BCUT2D eigenvalue weighted by atomic mass is 31.1. The Morgan fingerprint density at radius 3 is 1.73 bits per heavy atom. The third kappa shape index (κ3) is 6.74. The van der Waals surface area contributed by atoms with Crippen LogP contribution < -0.4 is 0 Å². The van der Waals surface area contributed by atoms with Crippen molar-refractivity contribution in [2.75, 3.05) is 27.2 Å². The first-order chi connectivity index (χ1) is 5.20. The van der Waals surface area contributed by atoms with Crippen LogP contribution in [0, 0.1) is 0 Å². The van der Waals surface area contributed by atoms with Gasteiger partial charge in [-0.3, -0.25) is 9.34 Å². The predicted octanol–water partition coefficient (Wildman–Crippen LogP) is 2.18. The van der Waals surface area contributed by atoms with Gasteiger partial charge in [-0.25, -0.2) is 0 Å². The van der Waals surface area contributed by atoms with Crippen molar-refractivity contribution < 1.29 is 0 Å². The van der Waals surface area contributed by atoms with E-state index in [9.17, 15) is 0 Å². The quantitative estimate of drug-likeness (QED) is 0.572. The van der Waals surface area contributed by atoms with Crippen LogP contribution in [0.4, 0.5) is 0 Å². The van der Waals surface area contributed by atoms with Gasteiger partial charge in [0.05, 0.1) is 0 Å². The van der Waals surface area contributed by atoms with E-state index in [1.54, 1.807) is 0 Å². The van der Waals surface area contributed by atoms with Crippen molar-refractivity contribution in [1.29, 1.82) is 0 Å². The molecule has 0 rings (SSSR count). The Bertz CT molecular complexity index is 80.2. The Balaban J connectivity index is 3.50. The lowest BCUT2D eigenvalue weighted by atomic mass is 10.4. The molecule has 68 valence electrons. The molecule has 0 saturated heterocycles. The zero-order valence-corrected chi connectivity index (χ0v) is 9.22. The molecule has 0 aliphatic heterocycles. The molecular formula is C8H21N2P. The molecule has 11 heavy (non-hydrogen) atoms. The monoisotopic (exact) mass is 176 g/mol. The summed E-state index contributed by atoms with van der Waals surface area (Å²) in [6.45, 7) is 6.96. The summed E-state index contributed by atoms with van der Waals surface area (Å²) in [4.78, 5) is 0. The van der Waals surface area contributed by atoms with Crippen LogP contribution in [0.5, 0.6) is 0 Å². The molecule has 0 bridgehead atoms. The maximum absolute atomic E-state index is 2.51. The second-order valence-corrected chi connectivity index (χ2v) is 4.71. The third-order valence-electron chi connectivity index (χ3n) is 1.33. The minimum Gasteiger partial charge on any atom is -0.279 e. The summed E-state index contributed by atoms with van der Waals surface area (Å²) in [7, 11) is 5.13. The molecule has 0 aromatic heterocycles. The summed E-state index contributed by atoms with van der Waals surface area (Å²) in [5, 5.41) is 0. The van der Waals surface area contributed by atoms with Gasteiger partial charge in [0.2, 0.25) is 0 Å². The fourth-order valence-corrected chi connectivity index (χ4v) is 2.25. The topological polar surface area (TPSA) is 6.48 Å². The van der Waals surface area contributed by atoms with Crippen molar-refractivity contribution >= 4 is 8.88 Å². The van der Waals surface area contributed by atoms with Crippen LogP contribution in [-0.2, 0) is 0 Å². The van der Waals surface area contributed by atoms with Gasteiger partial charge >= 0.3 is 0 Å². The summed E-state index contributed by atoms with van der Waals surface area (Å²) in [6, 6.07) is 0. The van der Waals surface area contributed by atoms with Crippen molar-refractivity contribution in [3.63, 3.8) is 0 Å². The van der Waals surface area contributed by atoms with Crippen LogP contribution in [0.15, 0.2) is 0 Å². The van der Waals surface area contributed by atoms with Crippen LogP contribution in [0.2, 0.25) is 0 Å². The van der Waals surface area contributed by atoms with Crippen LogP contribution in [-0.4, -0.2) is 36.5 Å². The molecule has 1 unspecified atom stereocenters. The van der Waals surface area contributed by atoms with E-state index in [0.29, 0.717) is 0 Å². The van der Waals surface area contributed by atoms with Crippen molar-refractivity contribution in [1.82, 2.24) is 9.34 Å². The first kappa shape index (κ1) is 11.4. The van der Waals surface area contributed by atoms with Crippen LogP contribution in [0.25, 0.3) is 0 Å². The first-order valence-electron chi connectivity index (χ1n) is 4.39. The predicted molar refractivity (Wildman–Crippen MR) is 54.2 cm³/mol. The van der Waals surface area contributed by atoms with E-state index < -0.39 is 0 Å². The molecule has 0 radical (unpaired) electrons. The van der Waals surface area contributed by atoms with E-state index in [1.165, 1.54) is 25.9 Å². The van der Waals surface area contributed by atoms with Gasteiger partial charge in [0.15, 0.2) is 0 Å². The average molecular weight is 176 g/mol. The van der Waals surface area contributed by atoms with Gasteiger partial charge < -0.3 is 0 Å². The third-order valence-corrected chi connectivity index (χ3v) is 2.46. The fraction of sp³-hybridized carbons (Fsp3) is 1.00. The molecule has 0 saturated carbocycles. The summed E-state index contributed by atoms with van der Waals surface area (Å²) in [5.74, 6) is 0. The van der Waals surface area contributed by atoms with E-state index in [2.05, 4.69) is 37.3 Å². The second-order valence-electron chi connectivity index (χ2n) is 2.98. The molecular weight excluding hydrogens is 155 g/mol. The SMILES string of the molecule is CCCN(CCC)PN(C)C. The van der Waals surface area contributed by atoms with E-state index in [-0.39, 0.29) is 0 Å². The number of rotatable bonds is 6. The highest BCUT2D eigenvalue weighted by Gasteiger charge is 2.02. The lowest BCUT2D eigenvalue weighted by molar-refractivity contribution is 0.437. The van der Waals surface area contributed by atoms with Gasteiger partial charge in [0.25, 0.3) is 0 Å². The van der Waals surface area contributed by atoms with Crippen LogP contribution in [0.3, 0.4) is 0 Å². The Morgan fingerprint density at radius 1 is 1.00 bits per heavy atom. The highest BCUT2D eigenvalue weighted by molar-refractivity contribution is 7.32. The van der Waals surface area contributed by atoms with E-state index in [0.717, 1.165) is 8.88 Å². The smallest absolute Gasteiger partial charge is 0.0234 e. The molecule has 2 nitrogen and oxygen atoms in total. The van der Waals surface area contributed by atoms with Gasteiger partial charge in [-0.15, -0.1) is 0 Å². The first-order valence-corrected chi connectivity index (χ1v) is 5.28. The summed E-state index contributed by atoms with van der Waals surface area (Å²) in [6.07, 6.45) is 2.53. The zero-order valence-electron chi connectivity index (χ0n) is 8.22. The minimum absolute atomic E-state index is 0.860. The molecule has 1 atom stereocenters. The van der Waals surface area contributed by atoms with Crippen molar-refractivity contribution in [2.45, 2.75) is 26.7 Å². The normalized spacial score (nSPS) is 12.5. The Hall–Kier alpha value is 0.350. The molecule has 0 heterocycles. The lowest BCUT2D eigenvalue weighted by Crippen LogP contribution is -2.20. The summed E-state index contributed by atoms with van der Waals surface area (Å²) in [5.41, 5.74) is 0. The summed E-state index contributed by atoms with van der Waals surface area (Å²) < 4.78 is 4.77. The van der Waals surface area contributed by atoms with Crippen molar-refractivity contribution in [3.8, 4) is 0 Å². The van der Waals surface area contributed by atoms with Crippen LogP contribution in [0.1, 0.15) is 26.7 Å². The van der Waals surface area contributed by atoms with E-state index in [4.69, 9.17) is 0 Å². The molecule has 0 fully saturated rings. The van der Waals surface area contributed by atoms with Gasteiger partial charge in [0.1, 0.15) is 0 Å². The fourth-order valence-electron chi connectivity index (χ4n) is 1.03. The van der Waals surface area contributed by atoms with Crippen LogP contribution >= 0.6 is 8.88 Å². The average Bonchev–Trinajstić information content (AvgIpc) is 1.87. The van der Waals surface area contributed by atoms with E-state index in [1.807, 2.05) is 0 Å². The maximum Gasteiger partial charge on any atom is 0.0234 e. The molecule has 0 spiro atoms. The number of hydrogen-bond donors (Lipinski definition) is 0. The Labute approximate surface area is 72.8 Å². The van der Waals surface area contributed by atoms with Gasteiger partial charge in [0, 0.05) is 22.0 Å². The standard InChI is InChI=1S/C8H21N2P/c1-5-7-10(8-6-2)11-9(3)4/h11H,5-8H2,1-4H3. The Kier molecular flexibility index (Phi) is 7.25. The van der Waals surface area contributed by atoms with E-state index >= 15 is 0 Å². The largest absolute Gasteiger partial charge is 0.279 e. The van der Waals surface area contributed by atoms with Crippen molar-refractivity contribution in [2.24, 2.45) is 0 Å². The maximum atomic E-state index is 2.51. The zero-order chi connectivity index (χ0) is 8.69. The number of nitrogens with zero attached hydrogens (tertiary/aromatic N) is 2. The summed E-state index contributed by atoms with van der Waals surface area (Å²) >= 11 is 0. The Morgan fingerprint density at radius 2 is 1.45 bits per heavy atom. The highest BCUT2D eigenvalue weighted by Crippen LogP contribution is 2.20. The molecule has 3 heteroatoms. The second kappa shape index (κ2) is 7.02. The lowest BCUT2D eigenvalue weighted by Gasteiger charge is -2.23. The molecule has 0 aromatic rings. The van der Waals surface area contributed by atoms with Gasteiger partial charge in [-0.05, 0) is 26.9 Å². The molecule has 0 aromatic carbocycles. The van der Waals surface area contributed by atoms with Gasteiger partial charge in [-0.2, -0.15) is 0 Å². The van der Waals surface area contributed by atoms with Crippen molar-refractivity contribution in [3.05, 3.63) is 0 Å². The molecule has 0 aliphatic rings. The molecule has 0 N–H and O–H groups in total.